The van der Waals surface area contributed by atoms with Gasteiger partial charge in [-0.15, -0.1) is 0 Å². The number of nitrogens with one attached hydrogen (secondary N) is 2. The second-order valence-electron chi connectivity index (χ2n) is 14.3. The maximum atomic E-state index is 13.9. The second kappa shape index (κ2) is 18.5. The minimum absolute atomic E-state index is 0.123. The van der Waals surface area contributed by atoms with E-state index in [4.69, 9.17) is 4.74 Å². The van der Waals surface area contributed by atoms with Crippen LogP contribution in [0.1, 0.15) is 42.2 Å². The number of carbonyl (C=O) groups is 3. The lowest BCUT2D eigenvalue weighted by atomic mass is 10.0. The number of benzene rings is 3. The number of anilines is 3. The van der Waals surface area contributed by atoms with Gasteiger partial charge in [-0.05, 0) is 72.3 Å². The number of piperazine rings is 1. The zero-order chi connectivity index (χ0) is 41.4. The second-order valence-corrected chi connectivity index (χ2v) is 14.3. The number of carbonyl (C=O) groups excluding carboxylic acids is 3. The lowest BCUT2D eigenvalue weighted by molar-refractivity contribution is -0.137. The van der Waals surface area contributed by atoms with Crippen LogP contribution >= 0.6 is 0 Å². The number of pyridine rings is 1. The molecule has 0 bridgehead atoms. The summed E-state index contributed by atoms with van der Waals surface area (Å²) in [7, 11) is 1.74. The summed E-state index contributed by atoms with van der Waals surface area (Å²) in [4.78, 5) is 62.2. The molecule has 2 fully saturated rings. The fourth-order valence-corrected chi connectivity index (χ4v) is 6.96. The van der Waals surface area contributed by atoms with E-state index in [1.54, 1.807) is 66.8 Å². The topological polar surface area (TPSA) is 136 Å². The number of aromatic nitrogens is 3. The van der Waals surface area contributed by atoms with E-state index in [9.17, 15) is 27.6 Å². The molecule has 2 saturated heterocycles. The fraction of sp³-hybridized carbons (Fsp3) is 0.302. The van der Waals surface area contributed by atoms with Gasteiger partial charge in [0.05, 0.1) is 30.2 Å². The highest BCUT2D eigenvalue weighted by Crippen LogP contribution is 2.33. The maximum Gasteiger partial charge on any atom is 0.416 e. The van der Waals surface area contributed by atoms with Gasteiger partial charge in [0.25, 0.3) is 17.7 Å². The van der Waals surface area contributed by atoms with Gasteiger partial charge in [0.1, 0.15) is 0 Å². The predicted octanol–water partition coefficient (Wildman–Crippen LogP) is 5.47. The van der Waals surface area contributed by atoms with Crippen molar-refractivity contribution < 1.29 is 32.3 Å². The van der Waals surface area contributed by atoms with E-state index in [-0.39, 0.29) is 23.6 Å². The summed E-state index contributed by atoms with van der Waals surface area (Å²) >= 11 is 0. The summed E-state index contributed by atoms with van der Waals surface area (Å²) in [6.45, 7) is 6.77. The fourth-order valence-electron chi connectivity index (χ4n) is 6.96. The molecule has 7 rings (SSSR count). The SMILES string of the molecule is CN(CCN1CCOCC1)C(=O)c1cccc(C(=O)Nc2ccc(N3CCN(c4ncccn4)CC3)cc2-c2cc(C(=O)NCc3cccc(C(F)(F)F)c3)ccn2)c1. The lowest BCUT2D eigenvalue weighted by Crippen LogP contribution is -2.47. The van der Waals surface area contributed by atoms with Crippen LogP contribution in [0.3, 0.4) is 0 Å². The van der Waals surface area contributed by atoms with Crippen molar-refractivity contribution in [3.63, 3.8) is 0 Å². The Morgan fingerprint density at radius 2 is 1.46 bits per heavy atom. The monoisotopic (exact) mass is 807 g/mol. The van der Waals surface area contributed by atoms with Crippen LogP contribution in [0, 0.1) is 0 Å². The van der Waals surface area contributed by atoms with Crippen molar-refractivity contribution in [3.05, 3.63) is 131 Å². The summed E-state index contributed by atoms with van der Waals surface area (Å²) in [6.07, 6.45) is 0.379. The van der Waals surface area contributed by atoms with Gasteiger partial charge in [0.2, 0.25) is 5.95 Å². The van der Waals surface area contributed by atoms with Crippen LogP contribution in [0.5, 0.6) is 0 Å². The Morgan fingerprint density at radius 1 is 0.746 bits per heavy atom. The molecule has 2 aromatic heterocycles. The molecule has 0 atom stereocenters. The number of morpholine rings is 1. The number of halogens is 3. The maximum absolute atomic E-state index is 13.9. The van der Waals surface area contributed by atoms with Gasteiger partial charge in [0, 0.05) is 112 Å². The number of hydrogen-bond donors (Lipinski definition) is 2. The third-order valence-electron chi connectivity index (χ3n) is 10.3. The van der Waals surface area contributed by atoms with Crippen molar-refractivity contribution in [2.75, 3.05) is 87.7 Å². The van der Waals surface area contributed by atoms with E-state index in [1.165, 1.54) is 24.4 Å². The Kier molecular flexibility index (Phi) is 12.8. The predicted molar refractivity (Wildman–Crippen MR) is 217 cm³/mol. The zero-order valence-electron chi connectivity index (χ0n) is 32.5. The van der Waals surface area contributed by atoms with Crippen LogP contribution in [0.25, 0.3) is 11.3 Å². The Labute approximate surface area is 339 Å². The van der Waals surface area contributed by atoms with Gasteiger partial charge in [0.15, 0.2) is 0 Å². The van der Waals surface area contributed by atoms with Gasteiger partial charge < -0.3 is 30.1 Å². The first-order valence-electron chi connectivity index (χ1n) is 19.3. The number of nitrogens with zero attached hydrogens (tertiary/aromatic N) is 7. The van der Waals surface area contributed by atoms with Crippen LogP contribution in [-0.2, 0) is 17.5 Å². The first kappa shape index (κ1) is 40.8. The highest BCUT2D eigenvalue weighted by Gasteiger charge is 2.30. The zero-order valence-corrected chi connectivity index (χ0v) is 32.5. The van der Waals surface area contributed by atoms with E-state index < -0.39 is 23.6 Å². The molecule has 0 radical (unpaired) electrons. The lowest BCUT2D eigenvalue weighted by Gasteiger charge is -2.36. The molecular formula is C43H44F3N9O4. The first-order chi connectivity index (χ1) is 28.5. The van der Waals surface area contributed by atoms with Crippen LogP contribution in [-0.4, -0.2) is 115 Å². The summed E-state index contributed by atoms with van der Waals surface area (Å²) in [5.41, 5.74) is 2.58. The van der Waals surface area contributed by atoms with Crippen molar-refractivity contribution in [1.82, 2.24) is 30.1 Å². The number of ether oxygens (including phenoxy) is 1. The summed E-state index contributed by atoms with van der Waals surface area (Å²) in [5, 5.41) is 5.71. The van der Waals surface area contributed by atoms with Crippen LogP contribution in [0.15, 0.2) is 104 Å². The van der Waals surface area contributed by atoms with E-state index in [2.05, 4.69) is 40.3 Å². The molecule has 5 aromatic rings. The van der Waals surface area contributed by atoms with E-state index >= 15 is 0 Å². The van der Waals surface area contributed by atoms with E-state index in [0.29, 0.717) is 86.5 Å². The normalized spacial score (nSPS) is 14.8. The number of amides is 3. The highest BCUT2D eigenvalue weighted by molar-refractivity contribution is 6.08. The Bertz CT molecular complexity index is 2260. The van der Waals surface area contributed by atoms with E-state index in [1.807, 2.05) is 12.1 Å². The molecule has 0 aliphatic carbocycles. The molecule has 2 N–H and O–H groups in total. The van der Waals surface area contributed by atoms with Crippen molar-refractivity contribution in [2.24, 2.45) is 0 Å². The number of rotatable bonds is 12. The number of likely N-dealkylation sites (N-methyl/N-ethyl adjacent to an activating group) is 1. The largest absolute Gasteiger partial charge is 0.416 e. The molecule has 16 heteroatoms. The Hall–Kier alpha value is -6.39. The minimum Gasteiger partial charge on any atom is -0.379 e. The Balaban J connectivity index is 1.11. The van der Waals surface area contributed by atoms with Crippen LogP contribution in [0.4, 0.5) is 30.5 Å². The number of alkyl halides is 3. The Morgan fingerprint density at radius 3 is 2.22 bits per heavy atom. The summed E-state index contributed by atoms with van der Waals surface area (Å²) in [5.74, 6) is -0.507. The molecule has 13 nitrogen and oxygen atoms in total. The minimum atomic E-state index is -4.51. The molecule has 0 spiro atoms. The molecule has 306 valence electrons. The standard InChI is InChI=1S/C43H44F3N9O4/c1-52(15-16-53-21-23-59-24-22-53)41(58)33-7-3-6-31(26-33)40(57)51-37-10-9-35(54-17-19-55(20-18-54)42-48-12-4-13-49-42)28-36(37)38-27-32(11-14-47-38)39(56)50-29-30-5-2-8-34(25-30)43(44,45)46/h2-14,25-28H,15-24,29H2,1H3,(H,50,56)(H,51,57). The molecule has 4 heterocycles. The van der Waals surface area contributed by atoms with Crippen molar-refractivity contribution in [3.8, 4) is 11.3 Å². The molecule has 0 saturated carbocycles. The number of hydrogen-bond acceptors (Lipinski definition) is 10. The van der Waals surface area contributed by atoms with Crippen molar-refractivity contribution in [1.29, 1.82) is 0 Å². The average Bonchev–Trinajstić information content (AvgIpc) is 3.28. The first-order valence-corrected chi connectivity index (χ1v) is 19.3. The third kappa shape index (κ3) is 10.4. The van der Waals surface area contributed by atoms with E-state index in [0.717, 1.165) is 30.9 Å². The quantitative estimate of drug-likeness (QED) is 0.167. The molecular weight excluding hydrogens is 764 g/mol. The van der Waals surface area contributed by atoms with Gasteiger partial charge >= 0.3 is 6.18 Å². The molecule has 2 aliphatic rings. The third-order valence-corrected chi connectivity index (χ3v) is 10.3. The van der Waals surface area contributed by atoms with Gasteiger partial charge in [-0.2, -0.15) is 13.2 Å². The average molecular weight is 808 g/mol. The van der Waals surface area contributed by atoms with Crippen molar-refractivity contribution in [2.45, 2.75) is 12.7 Å². The summed E-state index contributed by atoms with van der Waals surface area (Å²) in [6, 6.07) is 21.8. The molecule has 2 aliphatic heterocycles. The highest BCUT2D eigenvalue weighted by atomic mass is 19.4. The molecule has 59 heavy (non-hydrogen) atoms. The van der Waals surface area contributed by atoms with Gasteiger partial charge in [-0.25, -0.2) is 9.97 Å². The van der Waals surface area contributed by atoms with Crippen LogP contribution < -0.4 is 20.4 Å². The molecule has 0 unspecified atom stereocenters. The smallest absolute Gasteiger partial charge is 0.379 e. The van der Waals surface area contributed by atoms with Crippen molar-refractivity contribution >= 4 is 35.0 Å². The summed E-state index contributed by atoms with van der Waals surface area (Å²) < 4.78 is 45.3. The molecule has 3 aromatic carbocycles. The van der Waals surface area contributed by atoms with Crippen LogP contribution in [0.2, 0.25) is 0 Å². The van der Waals surface area contributed by atoms with Gasteiger partial charge in [-0.1, -0.05) is 18.2 Å². The molecule has 3 amide bonds. The van der Waals surface area contributed by atoms with Gasteiger partial charge in [-0.3, -0.25) is 24.3 Å².